The van der Waals surface area contributed by atoms with Crippen LogP contribution in [0.15, 0.2) is 42.5 Å². The van der Waals surface area contributed by atoms with Crippen LogP contribution in [-0.2, 0) is 12.5 Å². The molecule has 0 spiro atoms. The Morgan fingerprint density at radius 2 is 1.90 bits per heavy atom. The number of ether oxygens (including phenoxy) is 1. The Hall–Kier alpha value is -1.78. The highest BCUT2D eigenvalue weighted by atomic mass is 35.5. The first kappa shape index (κ1) is 14.6. The molecule has 0 bridgehead atoms. The zero-order valence-electron chi connectivity index (χ0n) is 10.4. The Balaban J connectivity index is 2.13. The zero-order chi connectivity index (χ0) is 14.5. The average molecular weight is 312 g/mol. The highest BCUT2D eigenvalue weighted by Crippen LogP contribution is 2.25. The minimum atomic E-state index is -0.487. The SMILES string of the molecule is O=[N+]([O-])c1ccc(COc2ccccc2CCl)c(Cl)c1. The van der Waals surface area contributed by atoms with Crippen molar-refractivity contribution in [3.05, 3.63) is 68.7 Å². The fourth-order valence-corrected chi connectivity index (χ4v) is 2.13. The van der Waals surface area contributed by atoms with Gasteiger partial charge in [-0.1, -0.05) is 29.8 Å². The lowest BCUT2D eigenvalue weighted by molar-refractivity contribution is -0.384. The van der Waals surface area contributed by atoms with Gasteiger partial charge < -0.3 is 4.74 Å². The van der Waals surface area contributed by atoms with E-state index in [0.717, 1.165) is 5.56 Å². The van der Waals surface area contributed by atoms with Gasteiger partial charge in [-0.3, -0.25) is 10.1 Å². The average Bonchev–Trinajstić information content (AvgIpc) is 2.46. The lowest BCUT2D eigenvalue weighted by atomic mass is 10.2. The number of halogens is 2. The molecule has 0 fully saturated rings. The monoisotopic (exact) mass is 311 g/mol. The summed E-state index contributed by atoms with van der Waals surface area (Å²) in [5.41, 5.74) is 1.52. The lowest BCUT2D eigenvalue weighted by Crippen LogP contribution is -1.99. The van der Waals surface area contributed by atoms with Gasteiger partial charge in [-0.2, -0.15) is 0 Å². The first-order valence-corrected chi connectivity index (χ1v) is 6.72. The van der Waals surface area contributed by atoms with Crippen LogP contribution in [0.4, 0.5) is 5.69 Å². The van der Waals surface area contributed by atoms with Crippen LogP contribution in [0, 0.1) is 10.1 Å². The molecule has 0 unspecified atom stereocenters. The summed E-state index contributed by atoms with van der Waals surface area (Å²) in [6, 6.07) is 11.7. The van der Waals surface area contributed by atoms with Crippen molar-refractivity contribution in [2.24, 2.45) is 0 Å². The summed E-state index contributed by atoms with van der Waals surface area (Å²) in [6.45, 7) is 0.227. The molecule has 104 valence electrons. The lowest BCUT2D eigenvalue weighted by Gasteiger charge is -2.10. The summed E-state index contributed by atoms with van der Waals surface area (Å²) in [7, 11) is 0. The molecule has 0 saturated heterocycles. The molecule has 0 radical (unpaired) electrons. The molecule has 0 N–H and O–H groups in total. The third-order valence-corrected chi connectivity index (χ3v) is 3.39. The molecule has 2 rings (SSSR count). The molecule has 0 aliphatic rings. The van der Waals surface area contributed by atoms with Crippen LogP contribution in [0.2, 0.25) is 5.02 Å². The van der Waals surface area contributed by atoms with Crippen molar-refractivity contribution in [1.82, 2.24) is 0 Å². The van der Waals surface area contributed by atoms with E-state index in [1.165, 1.54) is 12.1 Å². The van der Waals surface area contributed by atoms with Gasteiger partial charge in [0.1, 0.15) is 12.4 Å². The van der Waals surface area contributed by atoms with Gasteiger partial charge in [-0.05, 0) is 12.1 Å². The predicted octanol–water partition coefficient (Wildman–Crippen LogP) is 4.57. The number of rotatable bonds is 5. The standard InChI is InChI=1S/C14H11Cl2NO3/c15-8-10-3-1-2-4-14(10)20-9-11-5-6-12(17(18)19)7-13(11)16/h1-7H,8-9H2. The van der Waals surface area contributed by atoms with E-state index in [2.05, 4.69) is 0 Å². The molecule has 4 nitrogen and oxygen atoms in total. The summed E-state index contributed by atoms with van der Waals surface area (Å²) in [4.78, 5) is 10.1. The van der Waals surface area contributed by atoms with Gasteiger partial charge in [-0.25, -0.2) is 0 Å². The van der Waals surface area contributed by atoms with E-state index >= 15 is 0 Å². The van der Waals surface area contributed by atoms with Crippen LogP contribution in [0.25, 0.3) is 0 Å². The zero-order valence-corrected chi connectivity index (χ0v) is 11.9. The van der Waals surface area contributed by atoms with E-state index < -0.39 is 4.92 Å². The largest absolute Gasteiger partial charge is 0.489 e. The van der Waals surface area contributed by atoms with E-state index in [0.29, 0.717) is 22.2 Å². The second-order valence-electron chi connectivity index (χ2n) is 4.06. The maximum Gasteiger partial charge on any atom is 0.270 e. The van der Waals surface area contributed by atoms with Crippen molar-refractivity contribution in [3.8, 4) is 5.75 Å². The van der Waals surface area contributed by atoms with Gasteiger partial charge in [0.25, 0.3) is 5.69 Å². The Morgan fingerprint density at radius 1 is 1.15 bits per heavy atom. The minimum Gasteiger partial charge on any atom is -0.489 e. The van der Waals surface area contributed by atoms with Crippen LogP contribution < -0.4 is 4.74 Å². The van der Waals surface area contributed by atoms with Gasteiger partial charge in [0.2, 0.25) is 0 Å². The van der Waals surface area contributed by atoms with Crippen molar-refractivity contribution in [2.75, 3.05) is 0 Å². The first-order valence-electron chi connectivity index (χ1n) is 5.81. The van der Waals surface area contributed by atoms with Gasteiger partial charge >= 0.3 is 0 Å². The number of alkyl halides is 1. The molecule has 0 aliphatic heterocycles. The number of nitro groups is 1. The van der Waals surface area contributed by atoms with Gasteiger partial charge in [0.15, 0.2) is 0 Å². The molecule has 0 saturated carbocycles. The topological polar surface area (TPSA) is 52.4 Å². The molecule has 0 heterocycles. The van der Waals surface area contributed by atoms with Crippen molar-refractivity contribution in [2.45, 2.75) is 12.5 Å². The third-order valence-electron chi connectivity index (χ3n) is 2.75. The van der Waals surface area contributed by atoms with Crippen LogP contribution in [0.3, 0.4) is 0 Å². The highest BCUT2D eigenvalue weighted by molar-refractivity contribution is 6.31. The Bertz CT molecular complexity index is 632. The van der Waals surface area contributed by atoms with Crippen molar-refractivity contribution >= 4 is 28.9 Å². The van der Waals surface area contributed by atoms with Crippen molar-refractivity contribution in [3.63, 3.8) is 0 Å². The third kappa shape index (κ3) is 3.40. The summed E-state index contributed by atoms with van der Waals surface area (Å²) >= 11 is 11.8. The normalized spacial score (nSPS) is 10.3. The van der Waals surface area contributed by atoms with Gasteiger partial charge in [0.05, 0.1) is 15.8 Å². The van der Waals surface area contributed by atoms with Gasteiger partial charge in [-0.15, -0.1) is 11.6 Å². The number of hydrogen-bond acceptors (Lipinski definition) is 3. The second-order valence-corrected chi connectivity index (χ2v) is 4.74. The van der Waals surface area contributed by atoms with E-state index in [9.17, 15) is 10.1 Å². The fourth-order valence-electron chi connectivity index (χ4n) is 1.68. The molecular formula is C14H11Cl2NO3. The number of non-ortho nitro benzene ring substituents is 1. The van der Waals surface area contributed by atoms with Crippen LogP contribution in [0.5, 0.6) is 5.75 Å². The number of nitrogens with zero attached hydrogens (tertiary/aromatic N) is 1. The Kier molecular flexibility index (Phi) is 4.82. The maximum absolute atomic E-state index is 10.6. The van der Waals surface area contributed by atoms with Crippen molar-refractivity contribution in [1.29, 1.82) is 0 Å². The van der Waals surface area contributed by atoms with Gasteiger partial charge in [0, 0.05) is 23.3 Å². The van der Waals surface area contributed by atoms with Crippen LogP contribution >= 0.6 is 23.2 Å². The maximum atomic E-state index is 10.6. The Labute approximate surface area is 126 Å². The number of hydrogen-bond donors (Lipinski definition) is 0. The van der Waals surface area contributed by atoms with E-state index in [4.69, 9.17) is 27.9 Å². The molecule has 20 heavy (non-hydrogen) atoms. The summed E-state index contributed by atoms with van der Waals surface area (Å²) in [6.07, 6.45) is 0. The molecule has 6 heteroatoms. The Morgan fingerprint density at radius 3 is 2.55 bits per heavy atom. The smallest absolute Gasteiger partial charge is 0.270 e. The van der Waals surface area contributed by atoms with E-state index in [-0.39, 0.29) is 12.3 Å². The van der Waals surface area contributed by atoms with Crippen molar-refractivity contribution < 1.29 is 9.66 Å². The van der Waals surface area contributed by atoms with E-state index in [1.54, 1.807) is 6.07 Å². The predicted molar refractivity (Wildman–Crippen MR) is 78.4 cm³/mol. The molecule has 2 aromatic rings. The quantitative estimate of drug-likeness (QED) is 0.462. The summed E-state index contributed by atoms with van der Waals surface area (Å²) in [5.74, 6) is 1.03. The fraction of sp³-hybridized carbons (Fsp3) is 0.143. The van der Waals surface area contributed by atoms with Crippen LogP contribution in [-0.4, -0.2) is 4.92 Å². The highest BCUT2D eigenvalue weighted by Gasteiger charge is 2.10. The first-order chi connectivity index (χ1) is 9.61. The number of nitro benzene ring substituents is 1. The number of benzene rings is 2. The molecule has 0 aliphatic carbocycles. The summed E-state index contributed by atoms with van der Waals surface area (Å²) in [5, 5.41) is 10.9. The molecule has 0 aromatic heterocycles. The van der Waals surface area contributed by atoms with E-state index in [1.807, 2.05) is 24.3 Å². The van der Waals surface area contributed by atoms with Crippen LogP contribution in [0.1, 0.15) is 11.1 Å². The summed E-state index contributed by atoms with van der Waals surface area (Å²) < 4.78 is 5.66. The molecule has 2 aromatic carbocycles. The minimum absolute atomic E-state index is 0.0418. The second kappa shape index (κ2) is 6.59. The molecule has 0 amide bonds. The molecular weight excluding hydrogens is 301 g/mol. The number of para-hydroxylation sites is 1. The molecule has 0 atom stereocenters.